The largest absolute Gasteiger partial charge is 0.486 e. The van der Waals surface area contributed by atoms with Gasteiger partial charge in [0.25, 0.3) is 0 Å². The Hall–Kier alpha value is -3.80. The van der Waals surface area contributed by atoms with Crippen molar-refractivity contribution in [1.29, 1.82) is 5.26 Å². The SMILES string of the molecule is N#Cc1c(N)nc(N)nc1-c1ccc(OCc2cc(F)ccc2F)c(F)c1. The van der Waals surface area contributed by atoms with Gasteiger partial charge in [0, 0.05) is 11.1 Å². The molecule has 3 aromatic rings. The molecular formula is C18H12F3N5O. The van der Waals surface area contributed by atoms with Gasteiger partial charge in [0.1, 0.15) is 35.7 Å². The topological polar surface area (TPSA) is 111 Å². The minimum atomic E-state index is -0.788. The molecular weight excluding hydrogens is 359 g/mol. The molecule has 0 saturated carbocycles. The van der Waals surface area contributed by atoms with Crippen LogP contribution in [-0.4, -0.2) is 9.97 Å². The molecule has 4 N–H and O–H groups in total. The zero-order chi connectivity index (χ0) is 19.6. The van der Waals surface area contributed by atoms with E-state index in [4.69, 9.17) is 16.2 Å². The van der Waals surface area contributed by atoms with E-state index in [-0.39, 0.29) is 46.5 Å². The Morgan fingerprint density at radius 3 is 2.48 bits per heavy atom. The van der Waals surface area contributed by atoms with Crippen LogP contribution in [0, 0.1) is 28.8 Å². The molecule has 0 atom stereocenters. The molecule has 0 saturated heterocycles. The van der Waals surface area contributed by atoms with E-state index in [1.165, 1.54) is 12.1 Å². The number of aromatic nitrogens is 2. The van der Waals surface area contributed by atoms with Crippen LogP contribution in [0.2, 0.25) is 0 Å². The molecule has 0 fully saturated rings. The predicted octanol–water partition coefficient (Wildman–Crippen LogP) is 3.18. The molecule has 6 nitrogen and oxygen atoms in total. The first kappa shape index (κ1) is 18.0. The van der Waals surface area contributed by atoms with Gasteiger partial charge >= 0.3 is 0 Å². The van der Waals surface area contributed by atoms with Crippen LogP contribution in [0.4, 0.5) is 24.9 Å². The number of nitrogens with zero attached hydrogens (tertiary/aromatic N) is 3. The van der Waals surface area contributed by atoms with E-state index in [1.54, 1.807) is 0 Å². The van der Waals surface area contributed by atoms with Gasteiger partial charge in [-0.1, -0.05) is 0 Å². The van der Waals surface area contributed by atoms with Crippen molar-refractivity contribution in [2.75, 3.05) is 11.5 Å². The van der Waals surface area contributed by atoms with Crippen LogP contribution in [0.5, 0.6) is 5.75 Å². The highest BCUT2D eigenvalue weighted by Gasteiger charge is 2.15. The summed E-state index contributed by atoms with van der Waals surface area (Å²) < 4.78 is 46.4. The number of nitrogens with two attached hydrogens (primary N) is 2. The Morgan fingerprint density at radius 1 is 1.00 bits per heavy atom. The van der Waals surface area contributed by atoms with Crippen LogP contribution in [-0.2, 0) is 6.61 Å². The number of hydrogen-bond donors (Lipinski definition) is 2. The molecule has 0 aliphatic carbocycles. The molecule has 27 heavy (non-hydrogen) atoms. The average Bonchev–Trinajstić information content (AvgIpc) is 2.62. The number of anilines is 2. The van der Waals surface area contributed by atoms with Crippen LogP contribution in [0.3, 0.4) is 0 Å². The number of nitriles is 1. The van der Waals surface area contributed by atoms with Crippen molar-refractivity contribution in [2.45, 2.75) is 6.61 Å². The minimum Gasteiger partial charge on any atom is -0.486 e. The highest BCUT2D eigenvalue weighted by Crippen LogP contribution is 2.29. The van der Waals surface area contributed by atoms with Crippen molar-refractivity contribution >= 4 is 11.8 Å². The Labute approximate surface area is 151 Å². The molecule has 2 aromatic carbocycles. The summed E-state index contributed by atoms with van der Waals surface area (Å²) in [5, 5.41) is 9.20. The van der Waals surface area contributed by atoms with Crippen molar-refractivity contribution in [3.63, 3.8) is 0 Å². The van der Waals surface area contributed by atoms with Gasteiger partial charge in [-0.05, 0) is 36.4 Å². The zero-order valence-corrected chi connectivity index (χ0v) is 13.7. The van der Waals surface area contributed by atoms with E-state index in [0.29, 0.717) is 0 Å². The van der Waals surface area contributed by atoms with Gasteiger partial charge in [0.05, 0.1) is 5.69 Å². The molecule has 3 rings (SSSR count). The van der Waals surface area contributed by atoms with Crippen LogP contribution in [0.1, 0.15) is 11.1 Å². The second-order valence-corrected chi connectivity index (χ2v) is 5.47. The quantitative estimate of drug-likeness (QED) is 0.729. The Kier molecular flexibility index (Phi) is 4.81. The van der Waals surface area contributed by atoms with Crippen molar-refractivity contribution in [3.05, 3.63) is 65.0 Å². The summed E-state index contributed by atoms with van der Waals surface area (Å²) in [5.74, 6) is -2.56. The molecule has 0 amide bonds. The molecule has 0 aliphatic heterocycles. The summed E-state index contributed by atoms with van der Waals surface area (Å²) in [6.45, 7) is -0.364. The summed E-state index contributed by atoms with van der Waals surface area (Å²) in [6.07, 6.45) is 0. The molecule has 1 aromatic heterocycles. The minimum absolute atomic E-state index is 0.0425. The molecule has 0 aliphatic rings. The van der Waals surface area contributed by atoms with Gasteiger partial charge in [-0.2, -0.15) is 10.2 Å². The summed E-state index contributed by atoms with van der Waals surface area (Å²) in [7, 11) is 0. The number of benzene rings is 2. The monoisotopic (exact) mass is 371 g/mol. The maximum Gasteiger partial charge on any atom is 0.222 e. The molecule has 0 unspecified atom stereocenters. The molecule has 0 bridgehead atoms. The van der Waals surface area contributed by atoms with Crippen molar-refractivity contribution in [2.24, 2.45) is 0 Å². The van der Waals surface area contributed by atoms with E-state index in [0.717, 1.165) is 24.3 Å². The van der Waals surface area contributed by atoms with Gasteiger partial charge in [-0.3, -0.25) is 0 Å². The number of hydrogen-bond acceptors (Lipinski definition) is 6. The van der Waals surface area contributed by atoms with Gasteiger partial charge < -0.3 is 16.2 Å². The van der Waals surface area contributed by atoms with Crippen molar-refractivity contribution in [3.8, 4) is 23.1 Å². The van der Waals surface area contributed by atoms with E-state index in [1.807, 2.05) is 6.07 Å². The maximum absolute atomic E-state index is 14.4. The molecule has 0 radical (unpaired) electrons. The zero-order valence-electron chi connectivity index (χ0n) is 13.7. The van der Waals surface area contributed by atoms with Crippen molar-refractivity contribution < 1.29 is 17.9 Å². The highest BCUT2D eigenvalue weighted by atomic mass is 19.1. The van der Waals surface area contributed by atoms with E-state index >= 15 is 0 Å². The van der Waals surface area contributed by atoms with Gasteiger partial charge in [-0.25, -0.2) is 18.2 Å². The van der Waals surface area contributed by atoms with E-state index in [2.05, 4.69) is 9.97 Å². The first-order valence-electron chi connectivity index (χ1n) is 7.58. The van der Waals surface area contributed by atoms with Crippen LogP contribution >= 0.6 is 0 Å². The number of nitrogen functional groups attached to an aromatic ring is 2. The smallest absolute Gasteiger partial charge is 0.222 e. The summed E-state index contributed by atoms with van der Waals surface area (Å²) in [5.41, 5.74) is 11.4. The fraction of sp³-hybridized carbons (Fsp3) is 0.0556. The highest BCUT2D eigenvalue weighted by molar-refractivity contribution is 5.73. The van der Waals surface area contributed by atoms with Gasteiger partial charge in [-0.15, -0.1) is 0 Å². The fourth-order valence-corrected chi connectivity index (χ4v) is 2.39. The molecule has 0 spiro atoms. The third-order valence-corrected chi connectivity index (χ3v) is 3.66. The Bertz CT molecular complexity index is 1070. The van der Waals surface area contributed by atoms with Crippen LogP contribution < -0.4 is 16.2 Å². The molecule has 136 valence electrons. The van der Waals surface area contributed by atoms with Crippen LogP contribution in [0.15, 0.2) is 36.4 Å². The number of halogens is 3. The lowest BCUT2D eigenvalue weighted by Gasteiger charge is -2.11. The van der Waals surface area contributed by atoms with Gasteiger partial charge in [0.15, 0.2) is 11.6 Å². The average molecular weight is 371 g/mol. The number of rotatable bonds is 4. The molecule has 9 heteroatoms. The standard InChI is InChI=1S/C18H12F3N5O/c19-11-2-3-13(20)10(5-11)8-27-15-4-1-9(6-14(15)21)16-12(7-22)17(23)26-18(24)25-16/h1-6H,8H2,(H4,23,24,25,26). The first-order chi connectivity index (χ1) is 12.9. The second kappa shape index (κ2) is 7.21. The number of ether oxygens (including phenoxy) is 1. The summed E-state index contributed by atoms with van der Waals surface area (Å²) in [4.78, 5) is 7.61. The fourth-order valence-electron chi connectivity index (χ4n) is 2.39. The van der Waals surface area contributed by atoms with Gasteiger partial charge in [0.2, 0.25) is 5.95 Å². The lowest BCUT2D eigenvalue weighted by atomic mass is 10.1. The Balaban J connectivity index is 1.89. The Morgan fingerprint density at radius 2 is 1.78 bits per heavy atom. The summed E-state index contributed by atoms with van der Waals surface area (Å²) in [6, 6.07) is 8.52. The summed E-state index contributed by atoms with van der Waals surface area (Å²) >= 11 is 0. The lowest BCUT2D eigenvalue weighted by Crippen LogP contribution is -2.05. The normalized spacial score (nSPS) is 10.4. The molecule has 1 heterocycles. The second-order valence-electron chi connectivity index (χ2n) is 5.47. The van der Waals surface area contributed by atoms with Crippen LogP contribution in [0.25, 0.3) is 11.3 Å². The maximum atomic E-state index is 14.4. The predicted molar refractivity (Wildman–Crippen MR) is 91.7 cm³/mol. The van der Waals surface area contributed by atoms with E-state index in [9.17, 15) is 18.4 Å². The van der Waals surface area contributed by atoms with Crippen molar-refractivity contribution in [1.82, 2.24) is 9.97 Å². The third-order valence-electron chi connectivity index (χ3n) is 3.66. The third kappa shape index (κ3) is 3.74. The lowest BCUT2D eigenvalue weighted by molar-refractivity contribution is 0.284. The van der Waals surface area contributed by atoms with E-state index < -0.39 is 17.5 Å². The first-order valence-corrected chi connectivity index (χ1v) is 7.58.